The molecule has 0 aliphatic carbocycles. The number of fused-ring (bicyclic) bond motifs is 3. The molecule has 0 unspecified atom stereocenters. The third kappa shape index (κ3) is 4.25. The molecule has 0 atom stereocenters. The summed E-state index contributed by atoms with van der Waals surface area (Å²) in [5.41, 5.74) is 3.35. The van der Waals surface area contributed by atoms with Crippen molar-refractivity contribution >= 4 is 39.9 Å². The third-order valence-electron chi connectivity index (χ3n) is 5.35. The predicted octanol–water partition coefficient (Wildman–Crippen LogP) is 4.46. The average molecular weight is 472 g/mol. The summed E-state index contributed by atoms with van der Waals surface area (Å²) in [5, 5.41) is 6.15. The van der Waals surface area contributed by atoms with Crippen LogP contribution in [0.5, 0.6) is 11.5 Å². The van der Waals surface area contributed by atoms with E-state index in [1.165, 1.54) is 11.0 Å². The van der Waals surface area contributed by atoms with Crippen molar-refractivity contribution in [3.8, 4) is 11.5 Å². The zero-order valence-corrected chi connectivity index (χ0v) is 19.4. The molecule has 0 spiro atoms. The van der Waals surface area contributed by atoms with Gasteiger partial charge in [0.1, 0.15) is 28.9 Å². The van der Waals surface area contributed by atoms with E-state index in [-0.39, 0.29) is 5.56 Å². The Hall–Kier alpha value is -4.11. The maximum Gasteiger partial charge on any atom is 0.298 e. The minimum Gasteiger partial charge on any atom is -0.497 e. The second-order valence-electron chi connectivity index (χ2n) is 7.43. The van der Waals surface area contributed by atoms with Gasteiger partial charge in [0.2, 0.25) is 0 Å². The second kappa shape index (κ2) is 9.40. The molecule has 0 radical (unpaired) electrons. The van der Waals surface area contributed by atoms with Crippen LogP contribution in [-0.2, 0) is 5.75 Å². The molecule has 0 fully saturated rings. The molecule has 0 saturated heterocycles. The van der Waals surface area contributed by atoms with Crippen molar-refractivity contribution in [1.29, 1.82) is 0 Å². The summed E-state index contributed by atoms with van der Waals surface area (Å²) in [6.45, 7) is 0. The molecule has 0 amide bonds. The number of rotatable bonds is 7. The summed E-state index contributed by atoms with van der Waals surface area (Å²) >= 11 is 1.62. The van der Waals surface area contributed by atoms with E-state index in [1.54, 1.807) is 38.4 Å². The summed E-state index contributed by atoms with van der Waals surface area (Å²) in [6, 6.07) is 17.2. The van der Waals surface area contributed by atoms with Gasteiger partial charge in [-0.25, -0.2) is 9.97 Å². The smallest absolute Gasteiger partial charge is 0.298 e. The molecule has 9 heteroatoms. The van der Waals surface area contributed by atoms with Gasteiger partial charge in [0.25, 0.3) is 5.56 Å². The lowest BCUT2D eigenvalue weighted by molar-refractivity contribution is 0.411. The van der Waals surface area contributed by atoms with E-state index in [2.05, 4.69) is 20.1 Å². The summed E-state index contributed by atoms with van der Waals surface area (Å²) in [6.07, 6.45) is 4.84. The number of thioether (sulfide) groups is 1. The van der Waals surface area contributed by atoms with E-state index in [4.69, 9.17) is 9.47 Å². The largest absolute Gasteiger partial charge is 0.497 e. The van der Waals surface area contributed by atoms with Crippen molar-refractivity contribution in [2.45, 2.75) is 10.8 Å². The van der Waals surface area contributed by atoms with Gasteiger partial charge in [0.05, 0.1) is 31.0 Å². The van der Waals surface area contributed by atoms with E-state index < -0.39 is 0 Å². The Kier molecular flexibility index (Phi) is 6.01. The number of ether oxygens (including phenoxy) is 2. The Morgan fingerprint density at radius 2 is 2.00 bits per heavy atom. The number of aromatic amines is 1. The second-order valence-corrected chi connectivity index (χ2v) is 8.42. The van der Waals surface area contributed by atoms with Crippen LogP contribution in [-0.4, -0.2) is 40.1 Å². The highest BCUT2D eigenvalue weighted by Crippen LogP contribution is 2.28. The highest BCUT2D eigenvalue weighted by atomic mass is 32.2. The molecule has 170 valence electrons. The average Bonchev–Trinajstić information content (AvgIpc) is 3.26. The SMILES string of the molecule is COc1ccc2c(c1)[nH]c1c(=O)n(/N=C/c3ccc(OC)c(CSc4ccccn4)c3)cnc12. The van der Waals surface area contributed by atoms with Crippen LogP contribution in [0, 0.1) is 0 Å². The van der Waals surface area contributed by atoms with Gasteiger partial charge in [0, 0.05) is 29.0 Å². The quantitative estimate of drug-likeness (QED) is 0.278. The standard InChI is InChI=1S/C25H21N5O3S/c1-32-18-7-8-19-20(12-18)29-24-23(19)27-15-30(25(24)31)28-13-16-6-9-21(33-2)17(11-16)14-34-22-5-3-4-10-26-22/h3-13,15,29H,14H2,1-2H3/b28-13+. The van der Waals surface area contributed by atoms with Crippen LogP contribution in [0.1, 0.15) is 11.1 Å². The molecule has 3 aromatic heterocycles. The number of aromatic nitrogens is 4. The number of nitrogens with one attached hydrogen (secondary N) is 1. The Labute approximate surface area is 199 Å². The normalized spacial score (nSPS) is 11.5. The zero-order valence-electron chi connectivity index (χ0n) is 18.6. The van der Waals surface area contributed by atoms with Gasteiger partial charge < -0.3 is 14.5 Å². The maximum atomic E-state index is 13.0. The first kappa shape index (κ1) is 21.7. The Morgan fingerprint density at radius 1 is 1.09 bits per heavy atom. The molecule has 8 nitrogen and oxygen atoms in total. The van der Waals surface area contributed by atoms with Gasteiger partial charge in [-0.15, -0.1) is 11.8 Å². The van der Waals surface area contributed by atoms with Gasteiger partial charge in [-0.05, 0) is 48.0 Å². The number of hydrogen-bond donors (Lipinski definition) is 1. The first-order valence-corrected chi connectivity index (χ1v) is 11.5. The van der Waals surface area contributed by atoms with Crippen molar-refractivity contribution in [1.82, 2.24) is 19.6 Å². The lowest BCUT2D eigenvalue weighted by atomic mass is 10.1. The molecule has 0 saturated carbocycles. The zero-order chi connectivity index (χ0) is 23.5. The predicted molar refractivity (Wildman–Crippen MR) is 134 cm³/mol. The highest BCUT2D eigenvalue weighted by molar-refractivity contribution is 7.98. The number of benzene rings is 2. The van der Waals surface area contributed by atoms with Crippen molar-refractivity contribution in [3.63, 3.8) is 0 Å². The summed E-state index contributed by atoms with van der Waals surface area (Å²) < 4.78 is 12.0. The van der Waals surface area contributed by atoms with Gasteiger partial charge in [0.15, 0.2) is 0 Å². The summed E-state index contributed by atoms with van der Waals surface area (Å²) in [7, 11) is 3.25. The number of hydrogen-bond acceptors (Lipinski definition) is 7. The van der Waals surface area contributed by atoms with Gasteiger partial charge in [-0.1, -0.05) is 6.07 Å². The maximum absolute atomic E-state index is 13.0. The monoisotopic (exact) mass is 471 g/mol. The van der Waals surface area contributed by atoms with E-state index in [9.17, 15) is 4.79 Å². The summed E-state index contributed by atoms with van der Waals surface area (Å²) in [5.74, 6) is 2.18. The highest BCUT2D eigenvalue weighted by Gasteiger charge is 2.11. The molecule has 5 rings (SSSR count). The fourth-order valence-corrected chi connectivity index (χ4v) is 4.48. The van der Waals surface area contributed by atoms with Crippen molar-refractivity contribution in [2.75, 3.05) is 14.2 Å². The van der Waals surface area contributed by atoms with Crippen LogP contribution in [0.4, 0.5) is 0 Å². The lowest BCUT2D eigenvalue weighted by Gasteiger charge is -2.09. The van der Waals surface area contributed by atoms with E-state index >= 15 is 0 Å². The van der Waals surface area contributed by atoms with E-state index in [1.807, 2.05) is 54.6 Å². The molecule has 5 aromatic rings. The van der Waals surface area contributed by atoms with Crippen LogP contribution < -0.4 is 15.0 Å². The van der Waals surface area contributed by atoms with Gasteiger partial charge >= 0.3 is 0 Å². The fraction of sp³-hybridized carbons (Fsp3) is 0.120. The third-order valence-corrected chi connectivity index (χ3v) is 6.34. The molecular formula is C25H21N5O3S. The molecule has 34 heavy (non-hydrogen) atoms. The Bertz CT molecular complexity index is 1560. The Balaban J connectivity index is 1.44. The molecular weight excluding hydrogens is 450 g/mol. The number of methoxy groups -OCH3 is 2. The van der Waals surface area contributed by atoms with Crippen molar-refractivity contribution in [3.05, 3.63) is 88.6 Å². The van der Waals surface area contributed by atoms with E-state index in [0.29, 0.717) is 22.5 Å². The minimum atomic E-state index is -0.282. The van der Waals surface area contributed by atoms with Crippen LogP contribution in [0.25, 0.3) is 21.9 Å². The van der Waals surface area contributed by atoms with Crippen molar-refractivity contribution < 1.29 is 9.47 Å². The molecule has 0 aliphatic rings. The number of H-pyrrole nitrogens is 1. The fourth-order valence-electron chi connectivity index (χ4n) is 3.64. The summed E-state index contributed by atoms with van der Waals surface area (Å²) in [4.78, 5) is 25.0. The molecule has 1 N–H and O–H groups in total. The first-order chi connectivity index (χ1) is 16.7. The molecule has 2 aromatic carbocycles. The van der Waals surface area contributed by atoms with Crippen LogP contribution in [0.2, 0.25) is 0 Å². The van der Waals surface area contributed by atoms with Crippen LogP contribution >= 0.6 is 11.8 Å². The van der Waals surface area contributed by atoms with Gasteiger partial charge in [-0.2, -0.15) is 9.78 Å². The number of pyridine rings is 1. The Morgan fingerprint density at radius 3 is 2.79 bits per heavy atom. The molecule has 0 bridgehead atoms. The minimum absolute atomic E-state index is 0.282. The first-order valence-electron chi connectivity index (χ1n) is 10.5. The van der Waals surface area contributed by atoms with Crippen molar-refractivity contribution in [2.24, 2.45) is 5.10 Å². The topological polar surface area (TPSA) is 94.4 Å². The lowest BCUT2D eigenvalue weighted by Crippen LogP contribution is -2.17. The van der Waals surface area contributed by atoms with Gasteiger partial charge in [-0.3, -0.25) is 4.79 Å². The number of nitrogens with zero attached hydrogens (tertiary/aromatic N) is 4. The van der Waals surface area contributed by atoms with Crippen LogP contribution in [0.15, 0.2) is 82.0 Å². The van der Waals surface area contributed by atoms with E-state index in [0.717, 1.165) is 32.8 Å². The molecule has 3 heterocycles. The van der Waals surface area contributed by atoms with Crippen LogP contribution in [0.3, 0.4) is 0 Å². The molecule has 0 aliphatic heterocycles.